The van der Waals surface area contributed by atoms with Gasteiger partial charge >= 0.3 is 0 Å². The molecule has 6 heteroatoms. The molecule has 1 unspecified atom stereocenters. The van der Waals surface area contributed by atoms with E-state index >= 15 is 0 Å². The van der Waals surface area contributed by atoms with E-state index in [-0.39, 0.29) is 10.6 Å². The molecule has 2 fully saturated rings. The SMILES string of the molecule is CN1CCCC(N2CCN(c3ccccc3[N+](=O)[O-])CC2)C1. The molecule has 120 valence electrons. The Labute approximate surface area is 131 Å². The zero-order valence-electron chi connectivity index (χ0n) is 13.1. The van der Waals surface area contributed by atoms with Gasteiger partial charge < -0.3 is 9.80 Å². The molecule has 0 aliphatic carbocycles. The Bertz CT molecular complexity index is 529. The first-order chi connectivity index (χ1) is 10.6. The number of nitrogens with zero attached hydrogens (tertiary/aromatic N) is 4. The largest absolute Gasteiger partial charge is 0.363 e. The van der Waals surface area contributed by atoms with Crippen molar-refractivity contribution in [1.29, 1.82) is 0 Å². The number of likely N-dealkylation sites (N-methyl/N-ethyl adjacent to an activating group) is 1. The lowest BCUT2D eigenvalue weighted by Gasteiger charge is -2.43. The Hall–Kier alpha value is -1.66. The Morgan fingerprint density at radius 2 is 1.86 bits per heavy atom. The van der Waals surface area contributed by atoms with Gasteiger partial charge in [0.05, 0.1) is 4.92 Å². The Morgan fingerprint density at radius 3 is 2.55 bits per heavy atom. The molecule has 0 N–H and O–H groups in total. The van der Waals surface area contributed by atoms with Crippen LogP contribution in [0.5, 0.6) is 0 Å². The number of nitro groups is 1. The lowest BCUT2D eigenvalue weighted by Crippen LogP contribution is -2.54. The lowest BCUT2D eigenvalue weighted by atomic mass is 10.0. The van der Waals surface area contributed by atoms with E-state index in [9.17, 15) is 10.1 Å². The van der Waals surface area contributed by atoms with Gasteiger partial charge in [-0.15, -0.1) is 0 Å². The highest BCUT2D eigenvalue weighted by molar-refractivity contribution is 5.63. The summed E-state index contributed by atoms with van der Waals surface area (Å²) in [4.78, 5) is 18.0. The van der Waals surface area contributed by atoms with Crippen molar-refractivity contribution in [2.75, 3.05) is 51.2 Å². The minimum absolute atomic E-state index is 0.216. The van der Waals surface area contributed by atoms with E-state index in [4.69, 9.17) is 0 Å². The van der Waals surface area contributed by atoms with Crippen LogP contribution in [0.3, 0.4) is 0 Å². The summed E-state index contributed by atoms with van der Waals surface area (Å²) in [6.45, 7) is 6.06. The predicted octanol–water partition coefficient (Wildman–Crippen LogP) is 1.81. The number of anilines is 1. The van der Waals surface area contributed by atoms with Crippen molar-refractivity contribution >= 4 is 11.4 Å². The van der Waals surface area contributed by atoms with E-state index in [1.54, 1.807) is 12.1 Å². The van der Waals surface area contributed by atoms with Crippen LogP contribution in [-0.2, 0) is 0 Å². The normalized spacial score (nSPS) is 24.4. The van der Waals surface area contributed by atoms with E-state index in [1.165, 1.54) is 19.4 Å². The van der Waals surface area contributed by atoms with Crippen LogP contribution in [0.1, 0.15) is 12.8 Å². The van der Waals surface area contributed by atoms with Gasteiger partial charge in [-0.25, -0.2) is 0 Å². The molecule has 3 rings (SSSR count). The highest BCUT2D eigenvalue weighted by atomic mass is 16.6. The first-order valence-corrected chi connectivity index (χ1v) is 8.06. The number of likely N-dealkylation sites (tertiary alicyclic amines) is 1. The molecule has 0 radical (unpaired) electrons. The van der Waals surface area contributed by atoms with Crippen molar-refractivity contribution in [2.45, 2.75) is 18.9 Å². The Balaban J connectivity index is 1.63. The molecule has 22 heavy (non-hydrogen) atoms. The van der Waals surface area contributed by atoms with Crippen LogP contribution in [0.25, 0.3) is 0 Å². The third-order valence-corrected chi connectivity index (χ3v) is 4.85. The van der Waals surface area contributed by atoms with Gasteiger partial charge in [-0.05, 0) is 32.5 Å². The van der Waals surface area contributed by atoms with Crippen molar-refractivity contribution in [3.8, 4) is 0 Å². The second-order valence-electron chi connectivity index (χ2n) is 6.33. The summed E-state index contributed by atoms with van der Waals surface area (Å²) in [7, 11) is 2.19. The molecular formula is C16H24N4O2. The molecule has 1 aromatic rings. The number of piperidine rings is 1. The van der Waals surface area contributed by atoms with E-state index in [0.717, 1.165) is 38.4 Å². The van der Waals surface area contributed by atoms with Crippen LogP contribution in [0.15, 0.2) is 24.3 Å². The minimum atomic E-state index is -0.280. The van der Waals surface area contributed by atoms with E-state index in [0.29, 0.717) is 6.04 Å². The van der Waals surface area contributed by atoms with Crippen molar-refractivity contribution in [2.24, 2.45) is 0 Å². The monoisotopic (exact) mass is 304 g/mol. The molecule has 2 heterocycles. The van der Waals surface area contributed by atoms with Crippen molar-refractivity contribution in [3.63, 3.8) is 0 Å². The molecule has 1 atom stereocenters. The molecule has 2 saturated heterocycles. The summed E-state index contributed by atoms with van der Waals surface area (Å²) in [6, 6.07) is 7.72. The number of rotatable bonds is 3. The zero-order chi connectivity index (χ0) is 15.5. The highest BCUT2D eigenvalue weighted by Crippen LogP contribution is 2.29. The second kappa shape index (κ2) is 6.62. The quantitative estimate of drug-likeness (QED) is 0.630. The molecular weight excluding hydrogens is 280 g/mol. The summed E-state index contributed by atoms with van der Waals surface area (Å²) >= 11 is 0. The molecule has 0 aromatic heterocycles. The molecule has 2 aliphatic rings. The molecule has 1 aromatic carbocycles. The van der Waals surface area contributed by atoms with Crippen molar-refractivity contribution in [1.82, 2.24) is 9.80 Å². The maximum Gasteiger partial charge on any atom is 0.292 e. The smallest absolute Gasteiger partial charge is 0.292 e. The van der Waals surface area contributed by atoms with E-state index in [1.807, 2.05) is 12.1 Å². The summed E-state index contributed by atoms with van der Waals surface area (Å²) < 4.78 is 0. The third kappa shape index (κ3) is 3.23. The maximum absolute atomic E-state index is 11.2. The Kier molecular flexibility index (Phi) is 4.59. The summed E-state index contributed by atoms with van der Waals surface area (Å²) in [5.41, 5.74) is 0.973. The maximum atomic E-state index is 11.2. The number of benzene rings is 1. The van der Waals surface area contributed by atoms with Gasteiger partial charge in [-0.2, -0.15) is 0 Å². The fourth-order valence-electron chi connectivity index (χ4n) is 3.65. The highest BCUT2D eigenvalue weighted by Gasteiger charge is 2.28. The standard InChI is InChI=1S/C16H24N4O2/c1-17-8-4-5-14(13-17)18-9-11-19(12-10-18)15-6-2-3-7-16(15)20(21)22/h2-3,6-7,14H,4-5,8-13H2,1H3. The summed E-state index contributed by atoms with van der Waals surface area (Å²) in [5, 5.41) is 11.2. The minimum Gasteiger partial charge on any atom is -0.363 e. The van der Waals surface area contributed by atoms with Crippen LogP contribution in [0.4, 0.5) is 11.4 Å². The molecule has 0 bridgehead atoms. The van der Waals surface area contributed by atoms with Gasteiger partial charge in [0, 0.05) is 44.8 Å². The van der Waals surface area contributed by atoms with Gasteiger partial charge in [0.15, 0.2) is 0 Å². The molecule has 0 saturated carbocycles. The van der Waals surface area contributed by atoms with Crippen LogP contribution < -0.4 is 4.90 Å². The van der Waals surface area contributed by atoms with Gasteiger partial charge in [0.1, 0.15) is 5.69 Å². The lowest BCUT2D eigenvalue weighted by molar-refractivity contribution is -0.384. The first-order valence-electron chi connectivity index (χ1n) is 8.06. The fraction of sp³-hybridized carbons (Fsp3) is 0.625. The van der Waals surface area contributed by atoms with Gasteiger partial charge in [-0.1, -0.05) is 12.1 Å². The number of nitro benzene ring substituents is 1. The fourth-order valence-corrected chi connectivity index (χ4v) is 3.65. The van der Waals surface area contributed by atoms with E-state index in [2.05, 4.69) is 21.7 Å². The molecule has 2 aliphatic heterocycles. The molecule has 0 spiro atoms. The van der Waals surface area contributed by atoms with Crippen LogP contribution in [0, 0.1) is 10.1 Å². The third-order valence-electron chi connectivity index (χ3n) is 4.85. The van der Waals surface area contributed by atoms with Crippen LogP contribution in [0.2, 0.25) is 0 Å². The average molecular weight is 304 g/mol. The molecule has 6 nitrogen and oxygen atoms in total. The van der Waals surface area contributed by atoms with Crippen molar-refractivity contribution in [3.05, 3.63) is 34.4 Å². The topological polar surface area (TPSA) is 52.9 Å². The van der Waals surface area contributed by atoms with Gasteiger partial charge in [-0.3, -0.25) is 15.0 Å². The van der Waals surface area contributed by atoms with Crippen LogP contribution in [-0.4, -0.2) is 67.1 Å². The molecule has 0 amide bonds. The van der Waals surface area contributed by atoms with Crippen molar-refractivity contribution < 1.29 is 4.92 Å². The van der Waals surface area contributed by atoms with Gasteiger partial charge in [0.2, 0.25) is 0 Å². The Morgan fingerprint density at radius 1 is 1.14 bits per heavy atom. The number of piperazine rings is 1. The first kappa shape index (κ1) is 15.2. The van der Waals surface area contributed by atoms with E-state index < -0.39 is 0 Å². The average Bonchev–Trinajstić information content (AvgIpc) is 2.55. The van der Waals surface area contributed by atoms with Crippen LogP contribution >= 0.6 is 0 Å². The zero-order valence-corrected chi connectivity index (χ0v) is 13.1. The second-order valence-corrected chi connectivity index (χ2v) is 6.33. The van der Waals surface area contributed by atoms with Gasteiger partial charge in [0.25, 0.3) is 5.69 Å². The summed E-state index contributed by atoms with van der Waals surface area (Å²) in [5.74, 6) is 0. The number of hydrogen-bond donors (Lipinski definition) is 0. The number of hydrogen-bond acceptors (Lipinski definition) is 5. The predicted molar refractivity (Wildman–Crippen MR) is 87.4 cm³/mol. The summed E-state index contributed by atoms with van der Waals surface area (Å²) in [6.07, 6.45) is 2.54. The number of para-hydroxylation sites is 2.